The van der Waals surface area contributed by atoms with Crippen molar-refractivity contribution in [3.05, 3.63) is 23.2 Å². The van der Waals surface area contributed by atoms with Crippen molar-refractivity contribution < 1.29 is 0 Å². The van der Waals surface area contributed by atoms with E-state index in [-0.39, 0.29) is 0 Å². The summed E-state index contributed by atoms with van der Waals surface area (Å²) in [5, 5.41) is 4.38. The predicted octanol–water partition coefficient (Wildman–Crippen LogP) is 5.18. The Morgan fingerprint density at radius 1 is 1.21 bits per heavy atom. The summed E-state index contributed by atoms with van der Waals surface area (Å²) in [6.45, 7) is 4.49. The van der Waals surface area contributed by atoms with Crippen molar-refractivity contribution in [3.63, 3.8) is 0 Å². The van der Waals surface area contributed by atoms with Gasteiger partial charge in [0.2, 0.25) is 0 Å². The van der Waals surface area contributed by atoms with Gasteiger partial charge in [0, 0.05) is 20.1 Å². The first-order valence-corrected chi connectivity index (χ1v) is 7.66. The van der Waals surface area contributed by atoms with Gasteiger partial charge in [0.25, 0.3) is 0 Å². The van der Waals surface area contributed by atoms with Crippen molar-refractivity contribution in [1.82, 2.24) is 0 Å². The molecule has 0 aromatic heterocycles. The Balaban J connectivity index is 2.58. The number of rotatable bonds is 8. The van der Waals surface area contributed by atoms with E-state index < -0.39 is 0 Å². The molecule has 1 atom stereocenters. The maximum atomic E-state index is 6.27. The van der Waals surface area contributed by atoms with Crippen LogP contribution in [0.3, 0.4) is 0 Å². The summed E-state index contributed by atoms with van der Waals surface area (Å²) in [4.78, 5) is 2.06. The molecule has 19 heavy (non-hydrogen) atoms. The monoisotopic (exact) mass is 282 g/mol. The van der Waals surface area contributed by atoms with Gasteiger partial charge < -0.3 is 10.2 Å². The highest BCUT2D eigenvalue weighted by molar-refractivity contribution is 6.34. The molecule has 1 aromatic rings. The fourth-order valence-corrected chi connectivity index (χ4v) is 2.64. The summed E-state index contributed by atoms with van der Waals surface area (Å²) < 4.78 is 0. The average Bonchev–Trinajstić information content (AvgIpc) is 2.34. The Kier molecular flexibility index (Phi) is 7.07. The molecule has 0 aliphatic heterocycles. The smallest absolute Gasteiger partial charge is 0.0786 e. The Labute approximate surface area is 123 Å². The molecule has 0 spiro atoms. The molecular formula is C16H27ClN2. The van der Waals surface area contributed by atoms with E-state index in [0.717, 1.165) is 16.4 Å². The zero-order valence-corrected chi connectivity index (χ0v) is 13.4. The van der Waals surface area contributed by atoms with Crippen LogP contribution in [0.4, 0.5) is 11.4 Å². The van der Waals surface area contributed by atoms with Crippen LogP contribution in [-0.4, -0.2) is 20.1 Å². The van der Waals surface area contributed by atoms with Gasteiger partial charge in [-0.1, -0.05) is 50.3 Å². The van der Waals surface area contributed by atoms with E-state index in [1.165, 1.54) is 32.1 Å². The van der Waals surface area contributed by atoms with Crippen LogP contribution in [0.5, 0.6) is 0 Å². The molecular weight excluding hydrogens is 256 g/mol. The lowest BCUT2D eigenvalue weighted by molar-refractivity contribution is 0.594. The van der Waals surface area contributed by atoms with E-state index in [0.29, 0.717) is 6.04 Å². The van der Waals surface area contributed by atoms with Crippen molar-refractivity contribution in [1.29, 1.82) is 0 Å². The molecule has 0 heterocycles. The fraction of sp³-hybridized carbons (Fsp3) is 0.625. The Morgan fingerprint density at radius 2 is 1.95 bits per heavy atom. The molecule has 0 saturated heterocycles. The lowest BCUT2D eigenvalue weighted by Crippen LogP contribution is -2.18. The number of halogens is 1. The van der Waals surface area contributed by atoms with E-state index >= 15 is 0 Å². The first-order chi connectivity index (χ1) is 9.06. The first-order valence-electron chi connectivity index (χ1n) is 7.28. The van der Waals surface area contributed by atoms with E-state index in [4.69, 9.17) is 11.6 Å². The third kappa shape index (κ3) is 5.32. The lowest BCUT2D eigenvalue weighted by Gasteiger charge is -2.23. The number of unbranched alkanes of at least 4 members (excludes halogenated alkanes) is 3. The normalized spacial score (nSPS) is 12.3. The highest BCUT2D eigenvalue weighted by Crippen LogP contribution is 2.33. The summed E-state index contributed by atoms with van der Waals surface area (Å²) in [6, 6.07) is 6.52. The third-order valence-electron chi connectivity index (χ3n) is 3.33. The molecule has 2 nitrogen and oxygen atoms in total. The van der Waals surface area contributed by atoms with Gasteiger partial charge in [0.1, 0.15) is 0 Å². The highest BCUT2D eigenvalue weighted by Gasteiger charge is 2.11. The number of hydrogen-bond acceptors (Lipinski definition) is 2. The first kappa shape index (κ1) is 16.2. The van der Waals surface area contributed by atoms with Gasteiger partial charge in [-0.2, -0.15) is 0 Å². The zero-order valence-electron chi connectivity index (χ0n) is 12.7. The fourth-order valence-electron chi connectivity index (χ4n) is 2.30. The van der Waals surface area contributed by atoms with Gasteiger partial charge in [-0.3, -0.25) is 0 Å². The van der Waals surface area contributed by atoms with Crippen LogP contribution < -0.4 is 10.2 Å². The van der Waals surface area contributed by atoms with Crippen molar-refractivity contribution in [2.24, 2.45) is 0 Å². The molecule has 1 rings (SSSR count). The van der Waals surface area contributed by atoms with Gasteiger partial charge in [-0.15, -0.1) is 0 Å². The minimum atomic E-state index is 0.481. The molecule has 0 aliphatic rings. The second-order valence-corrected chi connectivity index (χ2v) is 5.83. The largest absolute Gasteiger partial charge is 0.381 e. The molecule has 1 N–H and O–H groups in total. The molecule has 0 amide bonds. The molecule has 3 heteroatoms. The van der Waals surface area contributed by atoms with Crippen molar-refractivity contribution in [2.45, 2.75) is 52.0 Å². The van der Waals surface area contributed by atoms with Gasteiger partial charge in [-0.25, -0.2) is 0 Å². The summed E-state index contributed by atoms with van der Waals surface area (Å²) in [6.07, 6.45) is 6.46. The number of nitrogens with zero attached hydrogens (tertiary/aromatic N) is 1. The van der Waals surface area contributed by atoms with Crippen LogP contribution in [0.2, 0.25) is 5.02 Å². The maximum absolute atomic E-state index is 6.27. The summed E-state index contributed by atoms with van der Waals surface area (Å²) in [7, 11) is 4.05. The number of anilines is 2. The topological polar surface area (TPSA) is 15.3 Å². The molecule has 1 unspecified atom stereocenters. The minimum Gasteiger partial charge on any atom is -0.381 e. The Hall–Kier alpha value is -0.890. The maximum Gasteiger partial charge on any atom is 0.0786 e. The molecule has 108 valence electrons. The second kappa shape index (κ2) is 8.31. The second-order valence-electron chi connectivity index (χ2n) is 5.43. The molecule has 0 bridgehead atoms. The van der Waals surface area contributed by atoms with Crippen LogP contribution in [-0.2, 0) is 0 Å². The van der Waals surface area contributed by atoms with Crippen LogP contribution in [0, 0.1) is 0 Å². The quantitative estimate of drug-likeness (QED) is 0.661. The number of para-hydroxylation sites is 1. The Bertz CT molecular complexity index is 377. The van der Waals surface area contributed by atoms with Crippen LogP contribution in [0.25, 0.3) is 0 Å². The lowest BCUT2D eigenvalue weighted by atomic mass is 10.1. The van der Waals surface area contributed by atoms with Gasteiger partial charge in [0.15, 0.2) is 0 Å². The van der Waals surface area contributed by atoms with Gasteiger partial charge >= 0.3 is 0 Å². The summed E-state index contributed by atoms with van der Waals surface area (Å²) in [5.41, 5.74) is 2.20. The van der Waals surface area contributed by atoms with Crippen LogP contribution in [0.1, 0.15) is 46.0 Å². The van der Waals surface area contributed by atoms with Crippen molar-refractivity contribution in [3.8, 4) is 0 Å². The summed E-state index contributed by atoms with van der Waals surface area (Å²) in [5.74, 6) is 0. The van der Waals surface area contributed by atoms with Crippen molar-refractivity contribution >= 4 is 23.0 Å². The molecule has 0 aliphatic carbocycles. The minimum absolute atomic E-state index is 0.481. The highest BCUT2D eigenvalue weighted by atomic mass is 35.5. The molecule has 0 fully saturated rings. The number of nitrogens with one attached hydrogen (secondary N) is 1. The molecule has 0 radical (unpaired) electrons. The van der Waals surface area contributed by atoms with E-state index in [2.05, 4.69) is 30.1 Å². The standard InChI is InChI=1S/C16H27ClN2/c1-5-6-7-8-10-13(2)18-15-12-9-11-14(17)16(15)19(3)4/h9,11-13,18H,5-8,10H2,1-4H3. The van der Waals surface area contributed by atoms with E-state index in [1.54, 1.807) is 0 Å². The predicted molar refractivity (Wildman–Crippen MR) is 87.6 cm³/mol. The van der Waals surface area contributed by atoms with Gasteiger partial charge in [0.05, 0.1) is 16.4 Å². The molecule has 0 saturated carbocycles. The van der Waals surface area contributed by atoms with Gasteiger partial charge in [-0.05, 0) is 25.5 Å². The SMILES string of the molecule is CCCCCCC(C)Nc1cccc(Cl)c1N(C)C. The number of hydrogen-bond donors (Lipinski definition) is 1. The van der Waals surface area contributed by atoms with Crippen molar-refractivity contribution in [2.75, 3.05) is 24.3 Å². The van der Waals surface area contributed by atoms with Crippen LogP contribution in [0.15, 0.2) is 18.2 Å². The van der Waals surface area contributed by atoms with E-state index in [1.807, 2.05) is 26.2 Å². The Morgan fingerprint density at radius 3 is 2.58 bits per heavy atom. The van der Waals surface area contributed by atoms with Crippen LogP contribution >= 0.6 is 11.6 Å². The molecule has 1 aromatic carbocycles. The third-order valence-corrected chi connectivity index (χ3v) is 3.63. The summed E-state index contributed by atoms with van der Waals surface area (Å²) >= 11 is 6.27. The average molecular weight is 283 g/mol. The number of benzene rings is 1. The van der Waals surface area contributed by atoms with E-state index in [9.17, 15) is 0 Å². The zero-order chi connectivity index (χ0) is 14.3.